The fourth-order valence-corrected chi connectivity index (χ4v) is 2.27. The third-order valence-electron chi connectivity index (χ3n) is 3.46. The predicted molar refractivity (Wildman–Crippen MR) is 78.3 cm³/mol. The first-order valence-electron chi connectivity index (χ1n) is 6.82. The van der Waals surface area contributed by atoms with E-state index in [1.165, 1.54) is 16.3 Å². The summed E-state index contributed by atoms with van der Waals surface area (Å²) in [5.74, 6) is 1.13. The molecule has 0 aliphatic rings. The Hall–Kier alpha value is -2.20. The monoisotopic (exact) mass is 267 g/mol. The first-order chi connectivity index (χ1) is 9.78. The Bertz CT molecular complexity index is 715. The molecule has 0 aliphatic carbocycles. The van der Waals surface area contributed by atoms with Gasteiger partial charge in [0, 0.05) is 0 Å². The number of nitrogens with zero attached hydrogens (tertiary/aromatic N) is 2. The fourth-order valence-electron chi connectivity index (χ4n) is 2.27. The molecule has 0 amide bonds. The summed E-state index contributed by atoms with van der Waals surface area (Å²) in [6, 6.07) is 14.4. The maximum Gasteiger partial charge on any atom is 0.233 e. The standard InChI is InChI=1S/C16H17N3O/c1-2-14(17)16-19-18-15(20-16)10-12-8-5-7-11-6-3-4-9-13(11)12/h3-9,14H,2,10,17H2,1H3. The van der Waals surface area contributed by atoms with Gasteiger partial charge in [0.1, 0.15) is 0 Å². The molecule has 1 aromatic heterocycles. The van der Waals surface area contributed by atoms with E-state index in [0.717, 1.165) is 6.42 Å². The predicted octanol–water partition coefficient (Wildman–Crippen LogP) is 3.22. The van der Waals surface area contributed by atoms with Gasteiger partial charge in [-0.3, -0.25) is 0 Å². The molecule has 2 N–H and O–H groups in total. The SMILES string of the molecule is CCC(N)c1nnc(Cc2cccc3ccccc23)o1. The lowest BCUT2D eigenvalue weighted by Gasteiger charge is -2.04. The van der Waals surface area contributed by atoms with Gasteiger partial charge in [0.15, 0.2) is 0 Å². The molecule has 0 saturated heterocycles. The van der Waals surface area contributed by atoms with E-state index < -0.39 is 0 Å². The molecule has 20 heavy (non-hydrogen) atoms. The Kier molecular flexibility index (Phi) is 3.48. The van der Waals surface area contributed by atoms with Crippen molar-refractivity contribution < 1.29 is 4.42 Å². The van der Waals surface area contributed by atoms with Crippen LogP contribution in [0.3, 0.4) is 0 Å². The highest BCUT2D eigenvalue weighted by molar-refractivity contribution is 5.85. The average Bonchev–Trinajstić information content (AvgIpc) is 2.95. The van der Waals surface area contributed by atoms with Crippen molar-refractivity contribution in [2.75, 3.05) is 0 Å². The second-order valence-electron chi connectivity index (χ2n) is 4.86. The van der Waals surface area contributed by atoms with Gasteiger partial charge in [0.2, 0.25) is 11.8 Å². The van der Waals surface area contributed by atoms with Crippen LogP contribution in [0.4, 0.5) is 0 Å². The summed E-state index contributed by atoms with van der Waals surface area (Å²) in [6.45, 7) is 2.00. The van der Waals surface area contributed by atoms with Crippen molar-refractivity contribution in [3.63, 3.8) is 0 Å². The van der Waals surface area contributed by atoms with E-state index in [1.807, 2.05) is 25.1 Å². The van der Waals surface area contributed by atoms with Gasteiger partial charge in [-0.05, 0) is 22.8 Å². The molecule has 1 unspecified atom stereocenters. The summed E-state index contributed by atoms with van der Waals surface area (Å²) in [4.78, 5) is 0. The van der Waals surface area contributed by atoms with Gasteiger partial charge in [-0.15, -0.1) is 10.2 Å². The largest absolute Gasteiger partial charge is 0.423 e. The lowest BCUT2D eigenvalue weighted by Crippen LogP contribution is -2.08. The molecule has 2 aromatic carbocycles. The number of rotatable bonds is 4. The second-order valence-corrected chi connectivity index (χ2v) is 4.86. The van der Waals surface area contributed by atoms with Crippen LogP contribution in [0.25, 0.3) is 10.8 Å². The molecule has 0 saturated carbocycles. The minimum Gasteiger partial charge on any atom is -0.423 e. The van der Waals surface area contributed by atoms with E-state index in [2.05, 4.69) is 34.5 Å². The van der Waals surface area contributed by atoms with E-state index in [9.17, 15) is 0 Å². The van der Waals surface area contributed by atoms with Crippen molar-refractivity contribution in [2.45, 2.75) is 25.8 Å². The zero-order valence-corrected chi connectivity index (χ0v) is 11.4. The third-order valence-corrected chi connectivity index (χ3v) is 3.46. The molecule has 3 aromatic rings. The Labute approximate surface area is 117 Å². The van der Waals surface area contributed by atoms with Crippen LogP contribution < -0.4 is 5.73 Å². The first-order valence-corrected chi connectivity index (χ1v) is 6.82. The molecule has 0 fully saturated rings. The topological polar surface area (TPSA) is 64.9 Å². The molecular formula is C16H17N3O. The van der Waals surface area contributed by atoms with Crippen molar-refractivity contribution in [1.82, 2.24) is 10.2 Å². The number of hydrogen-bond donors (Lipinski definition) is 1. The quantitative estimate of drug-likeness (QED) is 0.788. The third kappa shape index (κ3) is 2.42. The highest BCUT2D eigenvalue weighted by Crippen LogP contribution is 2.21. The van der Waals surface area contributed by atoms with Gasteiger partial charge in [-0.25, -0.2) is 0 Å². The van der Waals surface area contributed by atoms with Crippen LogP contribution in [-0.4, -0.2) is 10.2 Å². The zero-order chi connectivity index (χ0) is 13.9. The minimum atomic E-state index is -0.177. The van der Waals surface area contributed by atoms with Crippen LogP contribution in [-0.2, 0) is 6.42 Å². The minimum absolute atomic E-state index is 0.177. The fraction of sp³-hybridized carbons (Fsp3) is 0.250. The van der Waals surface area contributed by atoms with E-state index in [1.54, 1.807) is 0 Å². The molecule has 0 aliphatic heterocycles. The van der Waals surface area contributed by atoms with E-state index in [4.69, 9.17) is 10.2 Å². The lowest BCUT2D eigenvalue weighted by atomic mass is 10.0. The Morgan fingerprint density at radius 3 is 2.75 bits per heavy atom. The molecule has 4 nitrogen and oxygen atoms in total. The molecule has 0 radical (unpaired) electrons. The van der Waals surface area contributed by atoms with E-state index in [-0.39, 0.29) is 6.04 Å². The molecule has 102 valence electrons. The molecule has 4 heteroatoms. The number of benzene rings is 2. The zero-order valence-electron chi connectivity index (χ0n) is 11.4. The second kappa shape index (κ2) is 5.43. The molecule has 1 heterocycles. The van der Waals surface area contributed by atoms with Gasteiger partial charge >= 0.3 is 0 Å². The number of nitrogens with two attached hydrogens (primary N) is 1. The molecular weight excluding hydrogens is 250 g/mol. The number of fused-ring (bicyclic) bond motifs is 1. The van der Waals surface area contributed by atoms with Crippen LogP contribution in [0.2, 0.25) is 0 Å². The summed E-state index contributed by atoms with van der Waals surface area (Å²) < 4.78 is 5.64. The Morgan fingerprint density at radius 1 is 1.10 bits per heavy atom. The van der Waals surface area contributed by atoms with Crippen LogP contribution >= 0.6 is 0 Å². The van der Waals surface area contributed by atoms with Crippen LogP contribution in [0.1, 0.15) is 36.7 Å². The highest BCUT2D eigenvalue weighted by atomic mass is 16.4. The maximum atomic E-state index is 5.90. The molecule has 3 rings (SSSR count). The normalized spacial score (nSPS) is 12.7. The number of aromatic nitrogens is 2. The molecule has 0 spiro atoms. The maximum absolute atomic E-state index is 5.90. The van der Waals surface area contributed by atoms with Gasteiger partial charge in [-0.1, -0.05) is 49.4 Å². The summed E-state index contributed by atoms with van der Waals surface area (Å²) in [5.41, 5.74) is 7.08. The summed E-state index contributed by atoms with van der Waals surface area (Å²) >= 11 is 0. The van der Waals surface area contributed by atoms with Crippen LogP contribution in [0.15, 0.2) is 46.9 Å². The first kappa shape index (κ1) is 12.8. The van der Waals surface area contributed by atoms with E-state index in [0.29, 0.717) is 18.2 Å². The van der Waals surface area contributed by atoms with Crippen molar-refractivity contribution in [3.8, 4) is 0 Å². The smallest absolute Gasteiger partial charge is 0.233 e. The number of hydrogen-bond acceptors (Lipinski definition) is 4. The Morgan fingerprint density at radius 2 is 1.90 bits per heavy atom. The van der Waals surface area contributed by atoms with Crippen LogP contribution in [0.5, 0.6) is 0 Å². The lowest BCUT2D eigenvalue weighted by molar-refractivity contribution is 0.419. The van der Waals surface area contributed by atoms with Gasteiger partial charge in [-0.2, -0.15) is 0 Å². The van der Waals surface area contributed by atoms with Gasteiger partial charge in [0.25, 0.3) is 0 Å². The summed E-state index contributed by atoms with van der Waals surface area (Å²) in [5, 5.41) is 10.5. The summed E-state index contributed by atoms with van der Waals surface area (Å²) in [6.07, 6.45) is 1.42. The van der Waals surface area contributed by atoms with E-state index >= 15 is 0 Å². The van der Waals surface area contributed by atoms with Crippen molar-refractivity contribution in [1.29, 1.82) is 0 Å². The highest BCUT2D eigenvalue weighted by Gasteiger charge is 2.13. The van der Waals surface area contributed by atoms with Crippen molar-refractivity contribution in [2.24, 2.45) is 5.73 Å². The molecule has 1 atom stereocenters. The summed E-state index contributed by atoms with van der Waals surface area (Å²) in [7, 11) is 0. The van der Waals surface area contributed by atoms with Gasteiger partial charge < -0.3 is 10.2 Å². The van der Waals surface area contributed by atoms with Crippen LogP contribution in [0, 0.1) is 0 Å². The van der Waals surface area contributed by atoms with Gasteiger partial charge in [0.05, 0.1) is 12.5 Å². The molecule has 0 bridgehead atoms. The van der Waals surface area contributed by atoms with Crippen molar-refractivity contribution in [3.05, 3.63) is 59.8 Å². The van der Waals surface area contributed by atoms with Crippen molar-refractivity contribution >= 4 is 10.8 Å². The Balaban J connectivity index is 1.91. The average molecular weight is 267 g/mol.